The normalized spacial score (nSPS) is 12.4. The molecule has 19 heavy (non-hydrogen) atoms. The molecule has 0 aliphatic rings. The van der Waals surface area contributed by atoms with Crippen molar-refractivity contribution in [1.82, 2.24) is 5.32 Å². The van der Waals surface area contributed by atoms with Crippen LogP contribution in [-0.2, 0) is 6.54 Å². The van der Waals surface area contributed by atoms with Gasteiger partial charge >= 0.3 is 0 Å². The van der Waals surface area contributed by atoms with Crippen molar-refractivity contribution in [2.45, 2.75) is 19.5 Å². The molecule has 1 N–H and O–H groups in total. The van der Waals surface area contributed by atoms with Gasteiger partial charge in [-0.25, -0.2) is 0 Å². The summed E-state index contributed by atoms with van der Waals surface area (Å²) in [5.41, 5.74) is 2.18. The highest BCUT2D eigenvalue weighted by Crippen LogP contribution is 2.26. The Morgan fingerprint density at radius 2 is 1.68 bits per heavy atom. The SMILES string of the molecule is C[C@H](NCc1cccc(Cl)c1Cl)c1ccc(Cl)cc1. The Labute approximate surface area is 128 Å². The zero-order valence-corrected chi connectivity index (χ0v) is 12.7. The van der Waals surface area contributed by atoms with Gasteiger partial charge in [0.2, 0.25) is 0 Å². The maximum atomic E-state index is 6.15. The van der Waals surface area contributed by atoms with Crippen LogP contribution in [0.1, 0.15) is 24.1 Å². The molecular formula is C15H14Cl3N. The molecule has 0 saturated heterocycles. The van der Waals surface area contributed by atoms with E-state index in [2.05, 4.69) is 12.2 Å². The van der Waals surface area contributed by atoms with Crippen molar-refractivity contribution in [1.29, 1.82) is 0 Å². The lowest BCUT2D eigenvalue weighted by Crippen LogP contribution is -2.18. The number of hydrogen-bond donors (Lipinski definition) is 1. The van der Waals surface area contributed by atoms with Crippen molar-refractivity contribution in [2.24, 2.45) is 0 Å². The highest BCUT2D eigenvalue weighted by Gasteiger charge is 2.08. The van der Waals surface area contributed by atoms with E-state index in [9.17, 15) is 0 Å². The molecule has 0 heterocycles. The summed E-state index contributed by atoms with van der Waals surface area (Å²) in [6.45, 7) is 2.77. The van der Waals surface area contributed by atoms with E-state index in [0.29, 0.717) is 16.6 Å². The van der Waals surface area contributed by atoms with E-state index in [0.717, 1.165) is 10.6 Å². The first-order valence-electron chi connectivity index (χ1n) is 5.99. The van der Waals surface area contributed by atoms with Crippen LogP contribution in [0.2, 0.25) is 15.1 Å². The predicted octanol–water partition coefficient (Wildman–Crippen LogP) is 5.50. The molecule has 0 unspecified atom stereocenters. The smallest absolute Gasteiger partial charge is 0.0637 e. The Kier molecular flexibility index (Phi) is 5.12. The number of benzene rings is 2. The molecule has 0 bridgehead atoms. The van der Waals surface area contributed by atoms with E-state index in [1.54, 1.807) is 6.07 Å². The molecule has 0 aliphatic carbocycles. The van der Waals surface area contributed by atoms with Crippen LogP contribution in [-0.4, -0.2) is 0 Å². The van der Waals surface area contributed by atoms with Gasteiger partial charge in [-0.05, 0) is 36.2 Å². The van der Waals surface area contributed by atoms with Gasteiger partial charge < -0.3 is 5.32 Å². The zero-order valence-electron chi connectivity index (χ0n) is 10.5. The quantitative estimate of drug-likeness (QED) is 0.786. The van der Waals surface area contributed by atoms with Crippen LogP contribution >= 0.6 is 34.8 Å². The number of nitrogens with one attached hydrogen (secondary N) is 1. The third-order valence-corrected chi connectivity index (χ3v) is 4.11. The lowest BCUT2D eigenvalue weighted by atomic mass is 10.1. The van der Waals surface area contributed by atoms with Gasteiger partial charge in [0.1, 0.15) is 0 Å². The standard InChI is InChI=1S/C15H14Cl3N/c1-10(11-5-7-13(16)8-6-11)19-9-12-3-2-4-14(17)15(12)18/h2-8,10,19H,9H2,1H3/t10-/m0/s1. The molecule has 1 nitrogen and oxygen atoms in total. The van der Waals surface area contributed by atoms with Gasteiger partial charge in [0.25, 0.3) is 0 Å². The van der Waals surface area contributed by atoms with Crippen molar-refractivity contribution in [2.75, 3.05) is 0 Å². The maximum absolute atomic E-state index is 6.15. The molecule has 0 aromatic heterocycles. The second kappa shape index (κ2) is 6.62. The molecule has 0 radical (unpaired) electrons. The summed E-state index contributed by atoms with van der Waals surface area (Å²) in [5.74, 6) is 0. The first-order valence-corrected chi connectivity index (χ1v) is 7.13. The summed E-state index contributed by atoms with van der Waals surface area (Å²) in [6, 6.07) is 13.7. The molecule has 2 aromatic rings. The second-order valence-corrected chi connectivity index (χ2v) is 5.59. The van der Waals surface area contributed by atoms with Crippen LogP contribution in [0.15, 0.2) is 42.5 Å². The monoisotopic (exact) mass is 313 g/mol. The van der Waals surface area contributed by atoms with Crippen molar-refractivity contribution >= 4 is 34.8 Å². The van der Waals surface area contributed by atoms with E-state index < -0.39 is 0 Å². The molecule has 100 valence electrons. The van der Waals surface area contributed by atoms with Crippen molar-refractivity contribution < 1.29 is 0 Å². The molecule has 1 atom stereocenters. The lowest BCUT2D eigenvalue weighted by Gasteiger charge is -2.15. The minimum Gasteiger partial charge on any atom is -0.306 e. The van der Waals surface area contributed by atoms with Crippen LogP contribution in [0.4, 0.5) is 0 Å². The summed E-state index contributed by atoms with van der Waals surface area (Å²) in [4.78, 5) is 0. The minimum absolute atomic E-state index is 0.215. The van der Waals surface area contributed by atoms with Crippen LogP contribution in [0.25, 0.3) is 0 Å². The maximum Gasteiger partial charge on any atom is 0.0637 e. The van der Waals surface area contributed by atoms with E-state index in [-0.39, 0.29) is 6.04 Å². The molecular weight excluding hydrogens is 301 g/mol. The Balaban J connectivity index is 2.02. The van der Waals surface area contributed by atoms with Crippen LogP contribution < -0.4 is 5.32 Å². The summed E-state index contributed by atoms with van der Waals surface area (Å²) in [7, 11) is 0. The van der Waals surface area contributed by atoms with Gasteiger partial charge in [-0.15, -0.1) is 0 Å². The Morgan fingerprint density at radius 1 is 1.00 bits per heavy atom. The Bertz CT molecular complexity index is 552. The lowest BCUT2D eigenvalue weighted by molar-refractivity contribution is 0.575. The Hall–Kier alpha value is -0.730. The van der Waals surface area contributed by atoms with E-state index in [1.807, 2.05) is 36.4 Å². The van der Waals surface area contributed by atoms with Crippen LogP contribution in [0.5, 0.6) is 0 Å². The van der Waals surface area contributed by atoms with E-state index >= 15 is 0 Å². The average molecular weight is 315 g/mol. The third-order valence-electron chi connectivity index (χ3n) is 3.00. The van der Waals surface area contributed by atoms with Crippen molar-refractivity contribution in [3.05, 3.63) is 68.7 Å². The predicted molar refractivity (Wildman–Crippen MR) is 83.2 cm³/mol. The van der Waals surface area contributed by atoms with Crippen molar-refractivity contribution in [3.8, 4) is 0 Å². The third kappa shape index (κ3) is 3.87. The topological polar surface area (TPSA) is 12.0 Å². The van der Waals surface area contributed by atoms with Crippen LogP contribution in [0, 0.1) is 0 Å². The van der Waals surface area contributed by atoms with Gasteiger partial charge in [-0.3, -0.25) is 0 Å². The Morgan fingerprint density at radius 3 is 2.37 bits per heavy atom. The summed E-state index contributed by atoms with van der Waals surface area (Å²) >= 11 is 18.0. The molecule has 0 saturated carbocycles. The molecule has 0 aliphatic heterocycles. The molecule has 0 spiro atoms. The molecule has 0 fully saturated rings. The highest BCUT2D eigenvalue weighted by atomic mass is 35.5. The fourth-order valence-corrected chi connectivity index (χ4v) is 2.33. The van der Waals surface area contributed by atoms with Crippen molar-refractivity contribution in [3.63, 3.8) is 0 Å². The van der Waals surface area contributed by atoms with Gasteiger partial charge in [0.15, 0.2) is 0 Å². The number of halogens is 3. The first kappa shape index (κ1) is 14.7. The number of hydrogen-bond acceptors (Lipinski definition) is 1. The van der Waals surface area contributed by atoms with Crippen LogP contribution in [0.3, 0.4) is 0 Å². The largest absolute Gasteiger partial charge is 0.306 e. The second-order valence-electron chi connectivity index (χ2n) is 4.37. The number of rotatable bonds is 4. The average Bonchev–Trinajstić information content (AvgIpc) is 2.41. The van der Waals surface area contributed by atoms with E-state index in [1.165, 1.54) is 5.56 Å². The first-order chi connectivity index (χ1) is 9.08. The highest BCUT2D eigenvalue weighted by molar-refractivity contribution is 6.42. The fraction of sp³-hybridized carbons (Fsp3) is 0.200. The fourth-order valence-electron chi connectivity index (χ4n) is 1.82. The zero-order chi connectivity index (χ0) is 13.8. The molecule has 4 heteroatoms. The molecule has 2 rings (SSSR count). The van der Waals surface area contributed by atoms with Gasteiger partial charge in [-0.2, -0.15) is 0 Å². The summed E-state index contributed by atoms with van der Waals surface area (Å²) < 4.78 is 0. The summed E-state index contributed by atoms with van der Waals surface area (Å²) in [6.07, 6.45) is 0. The van der Waals surface area contributed by atoms with Gasteiger partial charge in [0.05, 0.1) is 10.0 Å². The minimum atomic E-state index is 0.215. The molecule has 0 amide bonds. The van der Waals surface area contributed by atoms with Gasteiger partial charge in [0, 0.05) is 17.6 Å². The molecule has 2 aromatic carbocycles. The van der Waals surface area contributed by atoms with Gasteiger partial charge in [-0.1, -0.05) is 59.1 Å². The van der Waals surface area contributed by atoms with E-state index in [4.69, 9.17) is 34.8 Å². The summed E-state index contributed by atoms with van der Waals surface area (Å²) in [5, 5.41) is 5.36.